The Hall–Kier alpha value is -0.800. The van der Waals surface area contributed by atoms with Gasteiger partial charge in [-0.3, -0.25) is 0 Å². The number of hydrogen-bond donors (Lipinski definition) is 0. The molecule has 0 aliphatic carbocycles. The third-order valence-electron chi connectivity index (χ3n) is 1.97. The minimum atomic E-state index is 0.378. The van der Waals surface area contributed by atoms with Crippen molar-refractivity contribution >= 4 is 22.9 Å². The number of rotatable bonds is 2. The van der Waals surface area contributed by atoms with Crippen molar-refractivity contribution in [3.8, 4) is 10.8 Å². The first-order chi connectivity index (χ1) is 6.70. The first-order valence-corrected chi connectivity index (χ1v) is 5.65. The molecule has 14 heavy (non-hydrogen) atoms. The molecule has 0 saturated carbocycles. The van der Waals surface area contributed by atoms with Gasteiger partial charge < -0.3 is 4.42 Å². The maximum atomic E-state index is 5.71. The van der Waals surface area contributed by atoms with E-state index in [-0.39, 0.29) is 0 Å². The van der Waals surface area contributed by atoms with Gasteiger partial charge in [-0.2, -0.15) is 0 Å². The minimum absolute atomic E-state index is 0.378. The standard InChI is InChI=1S/C10H10ClNOS/c1-6-3-4-9(14-6)10-12-7(2)8(5-11)13-10/h3-4H,5H2,1-2H3. The lowest BCUT2D eigenvalue weighted by Crippen LogP contribution is -1.76. The Kier molecular flexibility index (Phi) is 2.61. The van der Waals surface area contributed by atoms with Crippen LogP contribution in [0.25, 0.3) is 10.8 Å². The van der Waals surface area contributed by atoms with Crippen molar-refractivity contribution in [1.82, 2.24) is 4.98 Å². The lowest BCUT2D eigenvalue weighted by atomic mass is 10.4. The van der Waals surface area contributed by atoms with Crippen LogP contribution < -0.4 is 0 Å². The Morgan fingerprint density at radius 1 is 1.43 bits per heavy atom. The van der Waals surface area contributed by atoms with Crippen molar-refractivity contribution in [2.24, 2.45) is 0 Å². The van der Waals surface area contributed by atoms with E-state index in [1.807, 2.05) is 13.0 Å². The largest absolute Gasteiger partial charge is 0.439 e. The molecule has 0 aliphatic rings. The molecule has 0 unspecified atom stereocenters. The first-order valence-electron chi connectivity index (χ1n) is 4.30. The van der Waals surface area contributed by atoms with Gasteiger partial charge in [-0.25, -0.2) is 4.98 Å². The number of aryl methyl sites for hydroxylation is 2. The highest BCUT2D eigenvalue weighted by Crippen LogP contribution is 2.28. The lowest BCUT2D eigenvalue weighted by molar-refractivity contribution is 0.537. The van der Waals surface area contributed by atoms with Crippen LogP contribution in [0.2, 0.25) is 0 Å². The average molecular weight is 228 g/mol. The molecule has 0 amide bonds. The predicted molar refractivity (Wildman–Crippen MR) is 58.8 cm³/mol. The van der Waals surface area contributed by atoms with Crippen molar-refractivity contribution in [1.29, 1.82) is 0 Å². The molecule has 0 atom stereocenters. The predicted octanol–water partition coefficient (Wildman–Crippen LogP) is 3.76. The summed E-state index contributed by atoms with van der Waals surface area (Å²) in [5.74, 6) is 1.81. The summed E-state index contributed by atoms with van der Waals surface area (Å²) < 4.78 is 5.53. The van der Waals surface area contributed by atoms with Gasteiger partial charge in [-0.15, -0.1) is 22.9 Å². The van der Waals surface area contributed by atoms with Crippen LogP contribution >= 0.6 is 22.9 Å². The Morgan fingerprint density at radius 2 is 2.21 bits per heavy atom. The van der Waals surface area contributed by atoms with E-state index in [1.165, 1.54) is 4.88 Å². The fraction of sp³-hybridized carbons (Fsp3) is 0.300. The molecule has 0 N–H and O–H groups in total. The monoisotopic (exact) mass is 227 g/mol. The summed E-state index contributed by atoms with van der Waals surface area (Å²) in [6.07, 6.45) is 0. The van der Waals surface area contributed by atoms with Crippen LogP contribution in [0.1, 0.15) is 16.3 Å². The molecule has 0 aromatic carbocycles. The second-order valence-electron chi connectivity index (χ2n) is 3.07. The summed E-state index contributed by atoms with van der Waals surface area (Å²) in [5, 5.41) is 0. The summed E-state index contributed by atoms with van der Waals surface area (Å²) in [6, 6.07) is 4.07. The number of hydrogen-bond acceptors (Lipinski definition) is 3. The van der Waals surface area contributed by atoms with Gasteiger partial charge in [0.2, 0.25) is 5.89 Å². The number of oxazole rings is 1. The number of nitrogens with zero attached hydrogens (tertiary/aromatic N) is 1. The van der Waals surface area contributed by atoms with Gasteiger partial charge in [-0.1, -0.05) is 0 Å². The molecule has 0 radical (unpaired) electrons. The molecule has 4 heteroatoms. The van der Waals surface area contributed by atoms with Crippen LogP contribution in [-0.2, 0) is 5.88 Å². The summed E-state index contributed by atoms with van der Waals surface area (Å²) >= 11 is 7.38. The van der Waals surface area contributed by atoms with E-state index in [0.717, 1.165) is 16.3 Å². The van der Waals surface area contributed by atoms with E-state index in [9.17, 15) is 0 Å². The van der Waals surface area contributed by atoms with Gasteiger partial charge in [0, 0.05) is 4.88 Å². The third kappa shape index (κ3) is 1.70. The number of halogens is 1. The molecule has 2 aromatic rings. The number of thiophene rings is 1. The normalized spacial score (nSPS) is 10.8. The van der Waals surface area contributed by atoms with E-state index in [1.54, 1.807) is 11.3 Å². The lowest BCUT2D eigenvalue weighted by Gasteiger charge is -1.87. The molecule has 0 aliphatic heterocycles. The quantitative estimate of drug-likeness (QED) is 0.731. The van der Waals surface area contributed by atoms with E-state index in [0.29, 0.717) is 11.8 Å². The summed E-state index contributed by atoms with van der Waals surface area (Å²) in [6.45, 7) is 3.97. The van der Waals surface area contributed by atoms with Crippen LogP contribution in [0.15, 0.2) is 16.5 Å². The van der Waals surface area contributed by atoms with Crippen molar-refractivity contribution in [3.63, 3.8) is 0 Å². The molecule has 2 rings (SSSR count). The second-order valence-corrected chi connectivity index (χ2v) is 4.63. The van der Waals surface area contributed by atoms with E-state index >= 15 is 0 Å². The highest BCUT2D eigenvalue weighted by Gasteiger charge is 2.11. The zero-order valence-corrected chi connectivity index (χ0v) is 9.58. The highest BCUT2D eigenvalue weighted by atomic mass is 35.5. The third-order valence-corrected chi connectivity index (χ3v) is 3.20. The molecule has 2 heterocycles. The molecule has 0 bridgehead atoms. The zero-order chi connectivity index (χ0) is 10.1. The van der Waals surface area contributed by atoms with Crippen molar-refractivity contribution in [2.75, 3.05) is 0 Å². The average Bonchev–Trinajstić information content (AvgIpc) is 2.71. The molecular weight excluding hydrogens is 218 g/mol. The molecular formula is C10H10ClNOS. The van der Waals surface area contributed by atoms with Gasteiger partial charge in [0.15, 0.2) is 0 Å². The summed E-state index contributed by atoms with van der Waals surface area (Å²) in [4.78, 5) is 6.63. The van der Waals surface area contributed by atoms with Gasteiger partial charge in [-0.05, 0) is 26.0 Å². The van der Waals surface area contributed by atoms with Gasteiger partial charge in [0.25, 0.3) is 0 Å². The fourth-order valence-corrected chi connectivity index (χ4v) is 2.25. The Labute approximate surface area is 91.5 Å². The Morgan fingerprint density at radius 3 is 2.71 bits per heavy atom. The van der Waals surface area contributed by atoms with Crippen molar-refractivity contribution in [2.45, 2.75) is 19.7 Å². The van der Waals surface area contributed by atoms with E-state index in [2.05, 4.69) is 18.0 Å². The molecule has 74 valence electrons. The molecule has 0 saturated heterocycles. The van der Waals surface area contributed by atoms with Crippen molar-refractivity contribution < 1.29 is 4.42 Å². The van der Waals surface area contributed by atoms with Gasteiger partial charge >= 0.3 is 0 Å². The van der Waals surface area contributed by atoms with Crippen LogP contribution in [0.5, 0.6) is 0 Å². The number of aromatic nitrogens is 1. The molecule has 0 fully saturated rings. The highest BCUT2D eigenvalue weighted by molar-refractivity contribution is 7.15. The summed E-state index contributed by atoms with van der Waals surface area (Å²) in [7, 11) is 0. The molecule has 2 nitrogen and oxygen atoms in total. The van der Waals surface area contributed by atoms with E-state index < -0.39 is 0 Å². The molecule has 0 spiro atoms. The van der Waals surface area contributed by atoms with Crippen LogP contribution in [-0.4, -0.2) is 4.98 Å². The van der Waals surface area contributed by atoms with Crippen molar-refractivity contribution in [3.05, 3.63) is 28.5 Å². The van der Waals surface area contributed by atoms with Crippen LogP contribution in [0, 0.1) is 13.8 Å². The van der Waals surface area contributed by atoms with Gasteiger partial charge in [0.05, 0.1) is 16.5 Å². The smallest absolute Gasteiger partial charge is 0.236 e. The van der Waals surface area contributed by atoms with Gasteiger partial charge in [0.1, 0.15) is 5.76 Å². The number of alkyl halides is 1. The Bertz CT molecular complexity index is 447. The fourth-order valence-electron chi connectivity index (χ4n) is 1.21. The maximum absolute atomic E-state index is 5.71. The zero-order valence-electron chi connectivity index (χ0n) is 8.00. The minimum Gasteiger partial charge on any atom is -0.439 e. The second kappa shape index (κ2) is 3.75. The Balaban J connectivity index is 2.42. The first kappa shape index (κ1) is 9.74. The topological polar surface area (TPSA) is 26.0 Å². The van der Waals surface area contributed by atoms with E-state index in [4.69, 9.17) is 16.0 Å². The van der Waals surface area contributed by atoms with Crippen LogP contribution in [0.4, 0.5) is 0 Å². The molecule has 2 aromatic heterocycles. The maximum Gasteiger partial charge on any atom is 0.236 e. The SMILES string of the molecule is Cc1ccc(-c2nc(C)c(CCl)o2)s1. The van der Waals surface area contributed by atoms with Crippen LogP contribution in [0.3, 0.4) is 0 Å². The summed E-state index contributed by atoms with van der Waals surface area (Å²) in [5.41, 5.74) is 0.876.